The van der Waals surface area contributed by atoms with Crippen molar-refractivity contribution in [2.24, 2.45) is 21.1 Å². The molecule has 4 aromatic rings. The maximum absolute atomic E-state index is 13.3. The predicted octanol–water partition coefficient (Wildman–Crippen LogP) is 1.78. The van der Waals surface area contributed by atoms with E-state index in [4.69, 9.17) is 0 Å². The van der Waals surface area contributed by atoms with E-state index in [0.29, 0.717) is 28.0 Å². The van der Waals surface area contributed by atoms with E-state index in [0.717, 1.165) is 0 Å². The van der Waals surface area contributed by atoms with Gasteiger partial charge in [0.15, 0.2) is 0 Å². The van der Waals surface area contributed by atoms with Crippen molar-refractivity contribution in [1.82, 2.24) is 18.5 Å². The summed E-state index contributed by atoms with van der Waals surface area (Å²) in [5, 5.41) is 0. The molecule has 2 heterocycles. The number of rotatable bonds is 4. The lowest BCUT2D eigenvalue weighted by atomic mass is 10.2. The van der Waals surface area contributed by atoms with E-state index in [1.807, 2.05) is 6.07 Å². The summed E-state index contributed by atoms with van der Waals surface area (Å²) >= 11 is 0. The lowest BCUT2D eigenvalue weighted by molar-refractivity contribution is 0.600. The van der Waals surface area contributed by atoms with E-state index in [9.17, 15) is 18.0 Å². The lowest BCUT2D eigenvalue weighted by Crippen LogP contribution is -2.23. The molecular formula is C21H23N5O4S. The number of nitrogens with zero attached hydrogens (tertiary/aromatic N) is 4. The normalized spacial score (nSPS) is 11.9. The largest absolute Gasteiger partial charge is 0.328 e. The SMILES string of the molecule is Cc1cc2c(cc1S(=O)(=O)Nc1c(C)n(C)n(-c3ccccc3)c1=O)n(C)c(=O)n2C. The minimum Gasteiger partial charge on any atom is -0.295 e. The number of nitrogens with one attached hydrogen (secondary N) is 1. The first-order valence-electron chi connectivity index (χ1n) is 9.57. The molecule has 0 saturated heterocycles. The Morgan fingerprint density at radius 2 is 1.45 bits per heavy atom. The van der Waals surface area contributed by atoms with Gasteiger partial charge in [0.25, 0.3) is 15.6 Å². The Balaban J connectivity index is 1.86. The zero-order chi connectivity index (χ0) is 22.7. The van der Waals surface area contributed by atoms with Gasteiger partial charge in [-0.15, -0.1) is 0 Å². The van der Waals surface area contributed by atoms with E-state index >= 15 is 0 Å². The van der Waals surface area contributed by atoms with E-state index in [1.165, 1.54) is 19.9 Å². The lowest BCUT2D eigenvalue weighted by Gasteiger charge is -2.10. The van der Waals surface area contributed by atoms with Crippen LogP contribution < -0.4 is 16.0 Å². The van der Waals surface area contributed by atoms with Gasteiger partial charge < -0.3 is 0 Å². The van der Waals surface area contributed by atoms with Gasteiger partial charge in [-0.05, 0) is 43.7 Å². The highest BCUT2D eigenvalue weighted by Crippen LogP contribution is 2.25. The van der Waals surface area contributed by atoms with Gasteiger partial charge in [-0.1, -0.05) is 18.2 Å². The third-order valence-electron chi connectivity index (χ3n) is 5.65. The number of sulfonamides is 1. The van der Waals surface area contributed by atoms with Crippen LogP contribution in [0.1, 0.15) is 11.3 Å². The zero-order valence-electron chi connectivity index (χ0n) is 17.9. The maximum atomic E-state index is 13.3. The number of anilines is 1. The summed E-state index contributed by atoms with van der Waals surface area (Å²) in [5.41, 5.74) is 1.95. The van der Waals surface area contributed by atoms with E-state index in [2.05, 4.69) is 4.72 Å². The van der Waals surface area contributed by atoms with Gasteiger partial charge in [-0.2, -0.15) is 0 Å². The van der Waals surface area contributed by atoms with Crippen molar-refractivity contribution in [3.05, 3.63) is 74.6 Å². The van der Waals surface area contributed by atoms with E-state index in [1.54, 1.807) is 70.0 Å². The molecule has 9 nitrogen and oxygen atoms in total. The van der Waals surface area contributed by atoms with Gasteiger partial charge in [0.2, 0.25) is 0 Å². The highest BCUT2D eigenvalue weighted by Gasteiger charge is 2.25. The molecule has 0 amide bonds. The summed E-state index contributed by atoms with van der Waals surface area (Å²) in [6.07, 6.45) is 0. The number of benzene rings is 2. The minimum absolute atomic E-state index is 0.00936. The number of imidazole rings is 1. The van der Waals surface area contributed by atoms with E-state index in [-0.39, 0.29) is 16.3 Å². The van der Waals surface area contributed by atoms with Gasteiger partial charge in [-0.25, -0.2) is 17.9 Å². The second kappa shape index (κ2) is 7.02. The fourth-order valence-electron chi connectivity index (χ4n) is 3.80. The van der Waals surface area contributed by atoms with Crippen LogP contribution in [0.5, 0.6) is 0 Å². The van der Waals surface area contributed by atoms with Crippen molar-refractivity contribution >= 4 is 26.7 Å². The molecule has 0 saturated carbocycles. The van der Waals surface area contributed by atoms with Crippen LogP contribution >= 0.6 is 0 Å². The number of hydrogen-bond acceptors (Lipinski definition) is 4. The summed E-state index contributed by atoms with van der Waals surface area (Å²) in [5.74, 6) is 0. The van der Waals surface area contributed by atoms with Crippen LogP contribution in [0.25, 0.3) is 16.7 Å². The van der Waals surface area contributed by atoms with Crippen LogP contribution in [0.4, 0.5) is 5.69 Å². The Labute approximate surface area is 178 Å². The predicted molar refractivity (Wildman–Crippen MR) is 119 cm³/mol. The van der Waals surface area contributed by atoms with Crippen molar-refractivity contribution in [3.63, 3.8) is 0 Å². The molecule has 2 aromatic carbocycles. The zero-order valence-corrected chi connectivity index (χ0v) is 18.7. The first-order chi connectivity index (χ1) is 14.5. The molecule has 0 atom stereocenters. The molecule has 0 aliphatic rings. The summed E-state index contributed by atoms with van der Waals surface area (Å²) in [7, 11) is 0.827. The smallest absolute Gasteiger partial charge is 0.295 e. The van der Waals surface area contributed by atoms with Crippen LogP contribution in [0.2, 0.25) is 0 Å². The molecule has 162 valence electrons. The standard InChI is InChI=1S/C21H23N5O4S/c1-13-11-16-17(24(4)21(28)23(16)3)12-18(13)31(29,30)22-19-14(2)25(5)26(20(19)27)15-9-7-6-8-10-15/h6-12,22H,1-5H3. The molecule has 2 aromatic heterocycles. The number of hydrogen-bond donors (Lipinski definition) is 1. The summed E-state index contributed by atoms with van der Waals surface area (Å²) in [6, 6.07) is 12.1. The molecule has 1 N–H and O–H groups in total. The van der Waals surface area contributed by atoms with Crippen LogP contribution in [-0.2, 0) is 31.2 Å². The summed E-state index contributed by atoms with van der Waals surface area (Å²) in [4.78, 5) is 25.3. The number of fused-ring (bicyclic) bond motifs is 1. The molecule has 31 heavy (non-hydrogen) atoms. The third kappa shape index (κ3) is 3.10. The Morgan fingerprint density at radius 3 is 2.06 bits per heavy atom. The van der Waals surface area contributed by atoms with Gasteiger partial charge in [-0.3, -0.25) is 23.3 Å². The second-order valence-electron chi connectivity index (χ2n) is 7.55. The van der Waals surface area contributed by atoms with Gasteiger partial charge in [0.1, 0.15) is 5.69 Å². The highest BCUT2D eigenvalue weighted by molar-refractivity contribution is 7.92. The van der Waals surface area contributed by atoms with Gasteiger partial charge >= 0.3 is 5.69 Å². The first kappa shape index (κ1) is 20.7. The molecule has 0 spiro atoms. The molecule has 0 bridgehead atoms. The molecule has 0 unspecified atom stereocenters. The number of aromatic nitrogens is 4. The van der Waals surface area contributed by atoms with Gasteiger partial charge in [0, 0.05) is 21.1 Å². The van der Waals surface area contributed by atoms with Crippen LogP contribution in [0, 0.1) is 13.8 Å². The highest BCUT2D eigenvalue weighted by atomic mass is 32.2. The second-order valence-corrected chi connectivity index (χ2v) is 9.20. The quantitative estimate of drug-likeness (QED) is 0.522. The monoisotopic (exact) mass is 441 g/mol. The maximum Gasteiger partial charge on any atom is 0.328 e. The molecule has 4 rings (SSSR count). The molecule has 0 aliphatic heterocycles. The Hall–Kier alpha value is -3.53. The van der Waals surface area contributed by atoms with Crippen molar-refractivity contribution in [2.45, 2.75) is 18.7 Å². The Morgan fingerprint density at radius 1 is 0.871 bits per heavy atom. The van der Waals surface area contributed by atoms with Crippen molar-refractivity contribution in [2.75, 3.05) is 4.72 Å². The molecule has 0 fully saturated rings. The van der Waals surface area contributed by atoms with Crippen LogP contribution in [0.15, 0.2) is 56.9 Å². The minimum atomic E-state index is -4.09. The Kier molecular flexibility index (Phi) is 4.69. The van der Waals surface area contributed by atoms with Crippen LogP contribution in [0.3, 0.4) is 0 Å². The van der Waals surface area contributed by atoms with Gasteiger partial charge in [0.05, 0.1) is 27.3 Å². The van der Waals surface area contributed by atoms with Crippen molar-refractivity contribution < 1.29 is 8.42 Å². The van der Waals surface area contributed by atoms with Crippen molar-refractivity contribution in [3.8, 4) is 5.69 Å². The molecule has 0 radical (unpaired) electrons. The fraction of sp³-hybridized carbons (Fsp3) is 0.238. The Bertz CT molecular complexity index is 1550. The van der Waals surface area contributed by atoms with Crippen molar-refractivity contribution in [1.29, 1.82) is 0 Å². The number of aryl methyl sites for hydroxylation is 3. The topological polar surface area (TPSA) is 100 Å². The average molecular weight is 442 g/mol. The molecular weight excluding hydrogens is 418 g/mol. The average Bonchev–Trinajstić information content (AvgIpc) is 3.07. The summed E-state index contributed by atoms with van der Waals surface area (Å²) in [6.45, 7) is 3.33. The van der Waals surface area contributed by atoms with Crippen LogP contribution in [-0.4, -0.2) is 26.9 Å². The summed E-state index contributed by atoms with van der Waals surface area (Å²) < 4.78 is 34.9. The third-order valence-corrected chi connectivity index (χ3v) is 7.14. The molecule has 10 heteroatoms. The van der Waals surface area contributed by atoms with E-state index < -0.39 is 15.6 Å². The number of para-hydroxylation sites is 1. The molecule has 0 aliphatic carbocycles. The first-order valence-corrected chi connectivity index (χ1v) is 11.1. The fourth-order valence-corrected chi connectivity index (χ4v) is 5.16.